The average molecular weight is 223 g/mol. The van der Waals surface area contributed by atoms with Gasteiger partial charge in [-0.15, -0.1) is 11.8 Å². The summed E-state index contributed by atoms with van der Waals surface area (Å²) in [5.74, 6) is 5.27. The first kappa shape index (κ1) is 12.7. The number of hydrogen-bond donors (Lipinski definition) is 1. The molecule has 2 rings (SSSR count). The van der Waals surface area contributed by atoms with Crippen molar-refractivity contribution in [2.75, 3.05) is 0 Å². The summed E-state index contributed by atoms with van der Waals surface area (Å²) < 4.78 is 0. The maximum atomic E-state index is 10.2. The second-order valence-electron chi connectivity index (χ2n) is 3.87. The monoisotopic (exact) mass is 223 g/mol. The molecule has 1 aliphatic carbocycles. The van der Waals surface area contributed by atoms with Gasteiger partial charge < -0.3 is 0 Å². The highest BCUT2D eigenvalue weighted by Gasteiger charge is 2.26. The quantitative estimate of drug-likeness (QED) is 0.387. The number of carbonyl (C=O) groups excluding carboxylic acids is 2. The molecular formula is C12H17NO3. The molecule has 1 fully saturated rings. The maximum absolute atomic E-state index is 10.2. The minimum atomic E-state index is -0.505. The van der Waals surface area contributed by atoms with Crippen LogP contribution in [0.2, 0.25) is 0 Å². The second-order valence-corrected chi connectivity index (χ2v) is 3.87. The van der Waals surface area contributed by atoms with Gasteiger partial charge in [-0.3, -0.25) is 14.8 Å². The van der Waals surface area contributed by atoms with Gasteiger partial charge in [0.2, 0.25) is 0 Å². The van der Waals surface area contributed by atoms with E-state index in [0.29, 0.717) is 0 Å². The molecule has 2 amide bonds. The zero-order valence-corrected chi connectivity index (χ0v) is 9.37. The fraction of sp³-hybridized carbons (Fsp3) is 0.667. The van der Waals surface area contributed by atoms with Crippen molar-refractivity contribution in [3.05, 3.63) is 0 Å². The van der Waals surface area contributed by atoms with Crippen LogP contribution >= 0.6 is 0 Å². The SMILES string of the molecule is C1#CCCCCCC1.O=C1CCC(=O)N1O. The number of hydrogen-bond acceptors (Lipinski definition) is 3. The van der Waals surface area contributed by atoms with Gasteiger partial charge in [0, 0.05) is 25.7 Å². The molecule has 0 aromatic rings. The van der Waals surface area contributed by atoms with Crippen LogP contribution in [-0.2, 0) is 9.59 Å². The topological polar surface area (TPSA) is 57.6 Å². The van der Waals surface area contributed by atoms with E-state index in [1.807, 2.05) is 0 Å². The van der Waals surface area contributed by atoms with Crippen LogP contribution in [0.1, 0.15) is 51.4 Å². The summed E-state index contributed by atoms with van der Waals surface area (Å²) >= 11 is 0. The molecular weight excluding hydrogens is 206 g/mol. The molecule has 0 aromatic heterocycles. The van der Waals surface area contributed by atoms with Gasteiger partial charge in [-0.1, -0.05) is 12.8 Å². The van der Waals surface area contributed by atoms with Crippen molar-refractivity contribution >= 4 is 11.8 Å². The van der Waals surface area contributed by atoms with Crippen molar-refractivity contribution < 1.29 is 14.8 Å². The summed E-state index contributed by atoms with van der Waals surface area (Å²) in [6.45, 7) is 0. The summed E-state index contributed by atoms with van der Waals surface area (Å²) in [6, 6.07) is 0. The molecule has 0 spiro atoms. The molecule has 1 aliphatic heterocycles. The molecule has 0 unspecified atom stereocenters. The highest BCUT2D eigenvalue weighted by Crippen LogP contribution is 2.07. The summed E-state index contributed by atoms with van der Waals surface area (Å²) in [5.41, 5.74) is 0. The van der Waals surface area contributed by atoms with E-state index < -0.39 is 11.8 Å². The van der Waals surface area contributed by atoms with E-state index in [1.165, 1.54) is 25.7 Å². The number of nitrogens with zero attached hydrogens (tertiary/aromatic N) is 1. The number of carbonyl (C=O) groups is 2. The highest BCUT2D eigenvalue weighted by atomic mass is 16.5. The zero-order valence-electron chi connectivity index (χ0n) is 9.37. The van der Waals surface area contributed by atoms with Crippen LogP contribution in [-0.4, -0.2) is 22.1 Å². The first-order chi connectivity index (χ1) is 7.72. The normalized spacial score (nSPS) is 20.2. The number of hydroxylamine groups is 2. The average Bonchev–Trinajstić information content (AvgIpc) is 2.49. The number of imide groups is 1. The predicted molar refractivity (Wildman–Crippen MR) is 58.4 cm³/mol. The Bertz CT molecular complexity index is 286. The van der Waals surface area contributed by atoms with Crippen molar-refractivity contribution in [2.45, 2.75) is 51.4 Å². The highest BCUT2D eigenvalue weighted by molar-refractivity contribution is 6.00. The Morgan fingerprint density at radius 1 is 0.875 bits per heavy atom. The lowest BCUT2D eigenvalue weighted by molar-refractivity contribution is -0.171. The van der Waals surface area contributed by atoms with E-state index in [-0.39, 0.29) is 17.9 Å². The maximum Gasteiger partial charge on any atom is 0.253 e. The molecule has 0 saturated carbocycles. The molecule has 4 heteroatoms. The van der Waals surface area contributed by atoms with E-state index in [2.05, 4.69) is 11.8 Å². The van der Waals surface area contributed by atoms with Gasteiger partial charge >= 0.3 is 0 Å². The van der Waals surface area contributed by atoms with Gasteiger partial charge in [0.25, 0.3) is 11.8 Å². The summed E-state index contributed by atoms with van der Waals surface area (Å²) in [5, 5.41) is 8.57. The standard InChI is InChI=1S/C8H12.C4H5NO3/c1-2-4-6-8-7-5-3-1;6-3-1-2-4(7)5(3)8/h1-6H2;8H,1-2H2. The van der Waals surface area contributed by atoms with E-state index in [0.717, 1.165) is 12.8 Å². The lowest BCUT2D eigenvalue weighted by Gasteiger charge is -1.98. The fourth-order valence-electron chi connectivity index (χ4n) is 1.52. The van der Waals surface area contributed by atoms with Crippen molar-refractivity contribution in [1.82, 2.24) is 5.06 Å². The Hall–Kier alpha value is -1.34. The predicted octanol–water partition coefficient (Wildman–Crippen LogP) is 1.87. The molecule has 1 heterocycles. The second kappa shape index (κ2) is 7.02. The Balaban J connectivity index is 0.000000160. The molecule has 4 nitrogen and oxygen atoms in total. The van der Waals surface area contributed by atoms with Gasteiger partial charge in [0.1, 0.15) is 0 Å². The molecule has 88 valence electrons. The number of rotatable bonds is 0. The smallest absolute Gasteiger partial charge is 0.253 e. The van der Waals surface area contributed by atoms with E-state index in [9.17, 15) is 9.59 Å². The first-order valence-electron chi connectivity index (χ1n) is 5.72. The summed E-state index contributed by atoms with van der Waals surface area (Å²) in [7, 11) is 0. The van der Waals surface area contributed by atoms with Crippen LogP contribution in [0.3, 0.4) is 0 Å². The zero-order chi connectivity index (χ0) is 11.8. The minimum absolute atomic E-state index is 0.148. The van der Waals surface area contributed by atoms with E-state index >= 15 is 0 Å². The third-order valence-corrected chi connectivity index (χ3v) is 2.50. The van der Waals surface area contributed by atoms with Crippen molar-refractivity contribution in [2.24, 2.45) is 0 Å². The Kier molecular flexibility index (Phi) is 5.58. The van der Waals surface area contributed by atoms with Crippen molar-refractivity contribution in [3.8, 4) is 11.8 Å². The van der Waals surface area contributed by atoms with Gasteiger partial charge in [0.05, 0.1) is 0 Å². The molecule has 1 N–H and O–H groups in total. The van der Waals surface area contributed by atoms with Crippen LogP contribution in [0.25, 0.3) is 0 Å². The minimum Gasteiger partial charge on any atom is -0.279 e. The van der Waals surface area contributed by atoms with Crippen LogP contribution in [0.4, 0.5) is 0 Å². The van der Waals surface area contributed by atoms with Gasteiger partial charge in [-0.25, -0.2) is 0 Å². The molecule has 0 radical (unpaired) electrons. The third-order valence-electron chi connectivity index (χ3n) is 2.50. The Morgan fingerprint density at radius 2 is 1.31 bits per heavy atom. The van der Waals surface area contributed by atoms with Crippen LogP contribution in [0.5, 0.6) is 0 Å². The largest absolute Gasteiger partial charge is 0.279 e. The first-order valence-corrected chi connectivity index (χ1v) is 5.72. The molecule has 0 atom stereocenters. The fourth-order valence-corrected chi connectivity index (χ4v) is 1.52. The van der Waals surface area contributed by atoms with Crippen molar-refractivity contribution in [1.29, 1.82) is 0 Å². The van der Waals surface area contributed by atoms with Gasteiger partial charge in [-0.05, 0) is 12.8 Å². The Labute approximate surface area is 95.6 Å². The lowest BCUT2D eigenvalue weighted by atomic mass is 10.1. The Morgan fingerprint density at radius 3 is 1.62 bits per heavy atom. The molecule has 1 saturated heterocycles. The molecule has 0 aromatic carbocycles. The van der Waals surface area contributed by atoms with Gasteiger partial charge in [-0.2, -0.15) is 5.06 Å². The number of amides is 2. The molecule has 0 bridgehead atoms. The third kappa shape index (κ3) is 4.45. The van der Waals surface area contributed by atoms with Gasteiger partial charge in [0.15, 0.2) is 0 Å². The molecule has 16 heavy (non-hydrogen) atoms. The summed E-state index contributed by atoms with van der Waals surface area (Å²) in [6.07, 6.45) is 8.02. The van der Waals surface area contributed by atoms with Crippen molar-refractivity contribution in [3.63, 3.8) is 0 Å². The van der Waals surface area contributed by atoms with E-state index in [4.69, 9.17) is 5.21 Å². The lowest BCUT2D eigenvalue weighted by Crippen LogP contribution is -2.24. The summed E-state index contributed by atoms with van der Waals surface area (Å²) in [4.78, 5) is 20.5. The van der Waals surface area contributed by atoms with Crippen LogP contribution < -0.4 is 0 Å². The van der Waals surface area contributed by atoms with Crippen LogP contribution in [0.15, 0.2) is 0 Å². The van der Waals surface area contributed by atoms with E-state index in [1.54, 1.807) is 0 Å². The molecule has 2 aliphatic rings. The van der Waals surface area contributed by atoms with Crippen LogP contribution in [0, 0.1) is 11.8 Å².